The molecule has 2 heterocycles. The Labute approximate surface area is 106 Å². The van der Waals surface area contributed by atoms with Crippen molar-refractivity contribution in [1.82, 2.24) is 15.2 Å². The van der Waals surface area contributed by atoms with Crippen LogP contribution in [0, 0.1) is 0 Å². The highest BCUT2D eigenvalue weighted by Crippen LogP contribution is 2.25. The summed E-state index contributed by atoms with van der Waals surface area (Å²) in [6.45, 7) is 0. The Morgan fingerprint density at radius 1 is 1.29 bits per heavy atom. The molecule has 0 atom stereocenters. The smallest absolute Gasteiger partial charge is 0.354 e. The first-order valence-corrected chi connectivity index (χ1v) is 5.71. The highest BCUT2D eigenvalue weighted by atomic mass is 35.5. The molecule has 2 aromatic rings. The van der Waals surface area contributed by atoms with Crippen LogP contribution in [0.5, 0.6) is 0 Å². The van der Waals surface area contributed by atoms with Gasteiger partial charge in [-0.1, -0.05) is 23.4 Å². The molecule has 0 saturated heterocycles. The third-order valence-corrected chi connectivity index (χ3v) is 2.90. The SMILES string of the molecule is O=C(O)c1cc(Sc2ccc(Cl)nn2)ccn1. The van der Waals surface area contributed by atoms with Crippen LogP contribution >= 0.6 is 23.4 Å². The summed E-state index contributed by atoms with van der Waals surface area (Å²) in [4.78, 5) is 15.2. The van der Waals surface area contributed by atoms with Gasteiger partial charge in [0.2, 0.25) is 0 Å². The molecule has 5 nitrogen and oxygen atoms in total. The molecule has 2 rings (SSSR count). The van der Waals surface area contributed by atoms with Crippen LogP contribution < -0.4 is 0 Å². The topological polar surface area (TPSA) is 76.0 Å². The first-order valence-electron chi connectivity index (χ1n) is 4.51. The summed E-state index contributed by atoms with van der Waals surface area (Å²) in [5.74, 6) is -1.06. The van der Waals surface area contributed by atoms with Gasteiger partial charge in [0.15, 0.2) is 5.15 Å². The summed E-state index contributed by atoms with van der Waals surface area (Å²) in [6, 6.07) is 6.51. The Bertz CT molecular complexity index is 548. The summed E-state index contributed by atoms with van der Waals surface area (Å²) in [6.07, 6.45) is 1.44. The van der Waals surface area contributed by atoms with Crippen LogP contribution in [0.2, 0.25) is 5.15 Å². The van der Waals surface area contributed by atoms with Crippen molar-refractivity contribution in [2.24, 2.45) is 0 Å². The van der Waals surface area contributed by atoms with Crippen molar-refractivity contribution >= 4 is 29.3 Å². The Hall–Kier alpha value is -1.66. The predicted molar refractivity (Wildman–Crippen MR) is 62.4 cm³/mol. The van der Waals surface area contributed by atoms with Crippen molar-refractivity contribution in [2.45, 2.75) is 9.92 Å². The highest BCUT2D eigenvalue weighted by Gasteiger charge is 2.06. The van der Waals surface area contributed by atoms with E-state index in [0.717, 1.165) is 4.90 Å². The first-order chi connectivity index (χ1) is 8.15. The Kier molecular flexibility index (Phi) is 3.55. The van der Waals surface area contributed by atoms with E-state index in [1.807, 2.05) is 0 Å². The van der Waals surface area contributed by atoms with Gasteiger partial charge in [0.25, 0.3) is 0 Å². The zero-order chi connectivity index (χ0) is 12.3. The highest BCUT2D eigenvalue weighted by molar-refractivity contribution is 7.99. The number of carboxylic acid groups (broad SMARTS) is 1. The molecule has 2 aromatic heterocycles. The fraction of sp³-hybridized carbons (Fsp3) is 0. The zero-order valence-electron chi connectivity index (χ0n) is 8.37. The van der Waals surface area contributed by atoms with E-state index in [0.29, 0.717) is 10.2 Å². The number of halogens is 1. The number of pyridine rings is 1. The maximum atomic E-state index is 10.7. The average Bonchev–Trinajstić information content (AvgIpc) is 2.32. The molecule has 0 unspecified atom stereocenters. The van der Waals surface area contributed by atoms with Crippen LogP contribution in [0.4, 0.5) is 0 Å². The molecule has 7 heteroatoms. The molecular formula is C10H6ClN3O2S. The van der Waals surface area contributed by atoms with Crippen LogP contribution in [-0.2, 0) is 0 Å². The first kappa shape index (κ1) is 11.8. The van der Waals surface area contributed by atoms with E-state index in [1.54, 1.807) is 18.2 Å². The fourth-order valence-corrected chi connectivity index (χ4v) is 1.93. The predicted octanol–water partition coefficient (Wildman–Crippen LogP) is 2.37. The third-order valence-electron chi connectivity index (χ3n) is 1.78. The van der Waals surface area contributed by atoms with Crippen molar-refractivity contribution in [1.29, 1.82) is 0 Å². The van der Waals surface area contributed by atoms with E-state index in [9.17, 15) is 4.79 Å². The van der Waals surface area contributed by atoms with Crippen LogP contribution in [0.3, 0.4) is 0 Å². The van der Waals surface area contributed by atoms with Crippen molar-refractivity contribution in [3.05, 3.63) is 41.3 Å². The summed E-state index contributed by atoms with van der Waals surface area (Å²) < 4.78 is 0. The Morgan fingerprint density at radius 2 is 2.12 bits per heavy atom. The number of rotatable bonds is 3. The summed E-state index contributed by atoms with van der Waals surface area (Å²) >= 11 is 6.90. The van der Waals surface area contributed by atoms with E-state index >= 15 is 0 Å². The van der Waals surface area contributed by atoms with Crippen LogP contribution in [0.15, 0.2) is 40.4 Å². The lowest BCUT2D eigenvalue weighted by Crippen LogP contribution is -1.99. The molecule has 0 aliphatic heterocycles. The molecule has 0 fully saturated rings. The average molecular weight is 268 g/mol. The van der Waals surface area contributed by atoms with Crippen LogP contribution in [0.25, 0.3) is 0 Å². The molecule has 0 bridgehead atoms. The molecule has 0 amide bonds. The van der Waals surface area contributed by atoms with Crippen LogP contribution in [0.1, 0.15) is 10.5 Å². The second-order valence-electron chi connectivity index (χ2n) is 2.98. The lowest BCUT2D eigenvalue weighted by Gasteiger charge is -2.00. The monoisotopic (exact) mass is 267 g/mol. The Morgan fingerprint density at radius 3 is 2.76 bits per heavy atom. The lowest BCUT2D eigenvalue weighted by molar-refractivity contribution is 0.0690. The van der Waals surface area contributed by atoms with Crippen molar-refractivity contribution in [3.63, 3.8) is 0 Å². The van der Waals surface area contributed by atoms with E-state index in [4.69, 9.17) is 16.7 Å². The van der Waals surface area contributed by atoms with Crippen LogP contribution in [-0.4, -0.2) is 26.3 Å². The molecule has 0 aromatic carbocycles. The molecular weight excluding hydrogens is 262 g/mol. The maximum Gasteiger partial charge on any atom is 0.354 e. The molecule has 1 N–H and O–H groups in total. The van der Waals surface area contributed by atoms with Gasteiger partial charge in [-0.15, -0.1) is 10.2 Å². The number of aromatic nitrogens is 3. The molecule has 0 radical (unpaired) electrons. The normalized spacial score (nSPS) is 10.2. The molecule has 17 heavy (non-hydrogen) atoms. The number of carbonyl (C=O) groups is 1. The lowest BCUT2D eigenvalue weighted by atomic mass is 10.3. The minimum Gasteiger partial charge on any atom is -0.477 e. The van der Waals surface area contributed by atoms with E-state index in [1.165, 1.54) is 24.0 Å². The second-order valence-corrected chi connectivity index (χ2v) is 4.46. The van der Waals surface area contributed by atoms with Gasteiger partial charge in [0.1, 0.15) is 10.7 Å². The number of carboxylic acids is 1. The molecule has 0 aliphatic rings. The number of nitrogens with zero attached hydrogens (tertiary/aromatic N) is 3. The van der Waals surface area contributed by atoms with Crippen molar-refractivity contribution in [2.75, 3.05) is 0 Å². The summed E-state index contributed by atoms with van der Waals surface area (Å²) in [7, 11) is 0. The van der Waals surface area contributed by atoms with Gasteiger partial charge in [0, 0.05) is 11.1 Å². The summed E-state index contributed by atoms with van der Waals surface area (Å²) in [5, 5.41) is 17.3. The van der Waals surface area contributed by atoms with Gasteiger partial charge in [-0.25, -0.2) is 9.78 Å². The maximum absolute atomic E-state index is 10.7. The Balaban J connectivity index is 2.21. The van der Waals surface area contributed by atoms with Gasteiger partial charge < -0.3 is 5.11 Å². The second kappa shape index (κ2) is 5.11. The standard InChI is InChI=1S/C10H6ClN3O2S/c11-8-1-2-9(14-13-8)17-6-3-4-12-7(5-6)10(15)16/h1-5H,(H,15,16). The van der Waals surface area contributed by atoms with Gasteiger partial charge in [-0.3, -0.25) is 0 Å². The number of aromatic carboxylic acids is 1. The minimum absolute atomic E-state index is 0.00285. The van der Waals surface area contributed by atoms with Crippen molar-refractivity contribution in [3.8, 4) is 0 Å². The molecule has 0 saturated carbocycles. The fourth-order valence-electron chi connectivity index (χ4n) is 1.07. The van der Waals surface area contributed by atoms with Gasteiger partial charge in [-0.2, -0.15) is 0 Å². The van der Waals surface area contributed by atoms with E-state index in [2.05, 4.69) is 15.2 Å². The van der Waals surface area contributed by atoms with Gasteiger partial charge >= 0.3 is 5.97 Å². The van der Waals surface area contributed by atoms with E-state index in [-0.39, 0.29) is 5.69 Å². The zero-order valence-corrected chi connectivity index (χ0v) is 9.94. The molecule has 0 aliphatic carbocycles. The third kappa shape index (κ3) is 3.15. The molecule has 0 spiro atoms. The minimum atomic E-state index is -1.06. The largest absolute Gasteiger partial charge is 0.477 e. The summed E-state index contributed by atoms with van der Waals surface area (Å²) in [5.41, 5.74) is -0.00285. The molecule has 86 valence electrons. The van der Waals surface area contributed by atoms with Gasteiger partial charge in [-0.05, 0) is 24.3 Å². The van der Waals surface area contributed by atoms with Crippen molar-refractivity contribution < 1.29 is 9.90 Å². The number of hydrogen-bond donors (Lipinski definition) is 1. The van der Waals surface area contributed by atoms with Gasteiger partial charge in [0.05, 0.1) is 0 Å². The quantitative estimate of drug-likeness (QED) is 0.920. The number of hydrogen-bond acceptors (Lipinski definition) is 5. The van der Waals surface area contributed by atoms with E-state index < -0.39 is 5.97 Å².